The number of nitrogens with one attached hydrogen (secondary N) is 1. The van der Waals surface area contributed by atoms with Gasteiger partial charge in [-0.15, -0.1) is 0 Å². The molecular formula is C16H14Cl2FNO2. The van der Waals surface area contributed by atoms with Gasteiger partial charge < -0.3 is 10.1 Å². The fourth-order valence-electron chi connectivity index (χ4n) is 1.77. The van der Waals surface area contributed by atoms with Gasteiger partial charge in [0, 0.05) is 11.6 Å². The van der Waals surface area contributed by atoms with E-state index in [1.54, 1.807) is 6.07 Å². The van der Waals surface area contributed by atoms with Crippen LogP contribution in [-0.2, 0) is 11.3 Å². The van der Waals surface area contributed by atoms with Crippen molar-refractivity contribution in [3.05, 3.63) is 63.9 Å². The molecule has 0 bridgehead atoms. The van der Waals surface area contributed by atoms with Gasteiger partial charge in [-0.05, 0) is 29.8 Å². The zero-order valence-electron chi connectivity index (χ0n) is 11.6. The molecule has 0 aliphatic rings. The lowest BCUT2D eigenvalue weighted by Crippen LogP contribution is -2.24. The molecule has 0 saturated heterocycles. The van der Waals surface area contributed by atoms with E-state index in [1.165, 1.54) is 12.1 Å². The summed E-state index contributed by atoms with van der Waals surface area (Å²) in [6.45, 7) is 0.509. The van der Waals surface area contributed by atoms with Crippen molar-refractivity contribution >= 4 is 29.1 Å². The maximum atomic E-state index is 12.9. The molecule has 1 amide bonds. The van der Waals surface area contributed by atoms with Gasteiger partial charge in [0.1, 0.15) is 11.6 Å². The van der Waals surface area contributed by atoms with E-state index in [2.05, 4.69) is 5.32 Å². The zero-order chi connectivity index (χ0) is 15.9. The second-order valence-corrected chi connectivity index (χ2v) is 5.36. The predicted molar refractivity (Wildman–Crippen MR) is 84.8 cm³/mol. The van der Waals surface area contributed by atoms with E-state index in [-0.39, 0.29) is 24.0 Å². The standard InChI is InChI=1S/C16H14Cl2FNO2/c17-13-4-2-1-3-11(13)10-20-16(21)7-8-22-15-6-5-12(19)9-14(15)18/h1-6,9H,7-8,10H2,(H,20,21). The normalized spacial score (nSPS) is 10.3. The molecular weight excluding hydrogens is 328 g/mol. The van der Waals surface area contributed by atoms with Gasteiger partial charge >= 0.3 is 0 Å². The lowest BCUT2D eigenvalue weighted by Gasteiger charge is -2.09. The molecule has 0 fully saturated rings. The van der Waals surface area contributed by atoms with Crippen LogP contribution in [0.15, 0.2) is 42.5 Å². The summed E-state index contributed by atoms with van der Waals surface area (Å²) in [5.74, 6) is -0.255. The summed E-state index contributed by atoms with van der Waals surface area (Å²) in [5, 5.41) is 3.54. The predicted octanol–water partition coefficient (Wildman–Crippen LogP) is 4.22. The van der Waals surface area contributed by atoms with E-state index < -0.39 is 5.82 Å². The molecule has 0 saturated carbocycles. The van der Waals surface area contributed by atoms with Crippen molar-refractivity contribution in [2.24, 2.45) is 0 Å². The minimum atomic E-state index is -0.435. The molecule has 0 radical (unpaired) electrons. The first kappa shape index (κ1) is 16.6. The number of hydrogen-bond donors (Lipinski definition) is 1. The molecule has 0 unspecified atom stereocenters. The average Bonchev–Trinajstić information content (AvgIpc) is 2.49. The van der Waals surface area contributed by atoms with Crippen molar-refractivity contribution in [3.63, 3.8) is 0 Å². The molecule has 0 aromatic heterocycles. The van der Waals surface area contributed by atoms with E-state index in [4.69, 9.17) is 27.9 Å². The summed E-state index contributed by atoms with van der Waals surface area (Å²) < 4.78 is 18.2. The van der Waals surface area contributed by atoms with Crippen molar-refractivity contribution in [2.45, 2.75) is 13.0 Å². The highest BCUT2D eigenvalue weighted by Gasteiger charge is 2.06. The van der Waals surface area contributed by atoms with Crippen LogP contribution < -0.4 is 10.1 Å². The fourth-order valence-corrected chi connectivity index (χ4v) is 2.19. The van der Waals surface area contributed by atoms with Gasteiger partial charge in [0.2, 0.25) is 5.91 Å². The Balaban J connectivity index is 1.75. The SMILES string of the molecule is O=C(CCOc1ccc(F)cc1Cl)NCc1ccccc1Cl. The highest BCUT2D eigenvalue weighted by Crippen LogP contribution is 2.24. The number of halogens is 3. The van der Waals surface area contributed by atoms with Crippen LogP contribution in [0.1, 0.15) is 12.0 Å². The number of ether oxygens (including phenoxy) is 1. The van der Waals surface area contributed by atoms with Crippen LogP contribution in [0.3, 0.4) is 0 Å². The number of carbonyl (C=O) groups excluding carboxylic acids is 1. The van der Waals surface area contributed by atoms with Crippen LogP contribution in [-0.4, -0.2) is 12.5 Å². The molecule has 0 spiro atoms. The molecule has 2 aromatic rings. The van der Waals surface area contributed by atoms with Gasteiger partial charge in [0.05, 0.1) is 18.1 Å². The maximum Gasteiger partial charge on any atom is 0.223 e. The number of hydrogen-bond acceptors (Lipinski definition) is 2. The maximum absolute atomic E-state index is 12.9. The molecule has 22 heavy (non-hydrogen) atoms. The van der Waals surface area contributed by atoms with E-state index in [0.717, 1.165) is 11.6 Å². The third kappa shape index (κ3) is 4.90. The van der Waals surface area contributed by atoms with Gasteiger partial charge in [-0.2, -0.15) is 0 Å². The van der Waals surface area contributed by atoms with Crippen molar-refractivity contribution < 1.29 is 13.9 Å². The second kappa shape index (κ2) is 8.01. The van der Waals surface area contributed by atoms with Crippen LogP contribution in [0.5, 0.6) is 5.75 Å². The monoisotopic (exact) mass is 341 g/mol. The number of benzene rings is 2. The van der Waals surface area contributed by atoms with Gasteiger partial charge in [-0.1, -0.05) is 41.4 Å². The lowest BCUT2D eigenvalue weighted by molar-refractivity contribution is -0.121. The highest BCUT2D eigenvalue weighted by atomic mass is 35.5. The summed E-state index contributed by atoms with van der Waals surface area (Å²) in [6, 6.07) is 11.1. The van der Waals surface area contributed by atoms with E-state index >= 15 is 0 Å². The van der Waals surface area contributed by atoms with E-state index in [0.29, 0.717) is 17.3 Å². The van der Waals surface area contributed by atoms with Crippen LogP contribution in [0, 0.1) is 5.82 Å². The minimum Gasteiger partial charge on any atom is -0.491 e. The Morgan fingerprint density at radius 3 is 2.64 bits per heavy atom. The Bertz CT molecular complexity index is 664. The average molecular weight is 342 g/mol. The van der Waals surface area contributed by atoms with Crippen molar-refractivity contribution in [1.29, 1.82) is 0 Å². The molecule has 116 valence electrons. The Morgan fingerprint density at radius 1 is 1.14 bits per heavy atom. The van der Waals surface area contributed by atoms with Crippen LogP contribution in [0.4, 0.5) is 4.39 Å². The third-order valence-corrected chi connectivity index (χ3v) is 3.58. The summed E-state index contributed by atoms with van der Waals surface area (Å²) in [5.41, 5.74) is 0.847. The zero-order valence-corrected chi connectivity index (χ0v) is 13.1. The smallest absolute Gasteiger partial charge is 0.223 e. The Labute approximate surface area is 138 Å². The molecule has 0 heterocycles. The summed E-state index contributed by atoms with van der Waals surface area (Å²) >= 11 is 11.8. The van der Waals surface area contributed by atoms with E-state index in [9.17, 15) is 9.18 Å². The number of rotatable bonds is 6. The summed E-state index contributed by atoms with van der Waals surface area (Å²) in [4.78, 5) is 11.7. The quantitative estimate of drug-likeness (QED) is 0.854. The van der Waals surface area contributed by atoms with Gasteiger partial charge in [0.15, 0.2) is 0 Å². The first-order valence-corrected chi connectivity index (χ1v) is 7.40. The van der Waals surface area contributed by atoms with Crippen LogP contribution in [0.25, 0.3) is 0 Å². The molecule has 0 aliphatic carbocycles. The second-order valence-electron chi connectivity index (χ2n) is 4.54. The van der Waals surface area contributed by atoms with Crippen LogP contribution in [0.2, 0.25) is 10.0 Å². The van der Waals surface area contributed by atoms with Crippen LogP contribution >= 0.6 is 23.2 Å². The minimum absolute atomic E-state index is 0.152. The van der Waals surface area contributed by atoms with Crippen molar-refractivity contribution in [2.75, 3.05) is 6.61 Å². The topological polar surface area (TPSA) is 38.3 Å². The summed E-state index contributed by atoms with van der Waals surface area (Å²) in [7, 11) is 0. The number of amides is 1. The first-order valence-electron chi connectivity index (χ1n) is 6.64. The van der Waals surface area contributed by atoms with Gasteiger partial charge in [-0.3, -0.25) is 4.79 Å². The Kier molecular flexibility index (Phi) is 6.04. The van der Waals surface area contributed by atoms with Crippen molar-refractivity contribution in [1.82, 2.24) is 5.32 Å². The first-order chi connectivity index (χ1) is 10.6. The van der Waals surface area contributed by atoms with Crippen molar-refractivity contribution in [3.8, 4) is 5.75 Å². The molecule has 6 heteroatoms. The largest absolute Gasteiger partial charge is 0.491 e. The fraction of sp³-hybridized carbons (Fsp3) is 0.188. The molecule has 0 atom stereocenters. The van der Waals surface area contributed by atoms with E-state index in [1.807, 2.05) is 18.2 Å². The third-order valence-electron chi connectivity index (χ3n) is 2.91. The molecule has 1 N–H and O–H groups in total. The molecule has 2 rings (SSSR count). The Hall–Kier alpha value is -1.78. The molecule has 2 aromatic carbocycles. The molecule has 3 nitrogen and oxygen atoms in total. The lowest BCUT2D eigenvalue weighted by atomic mass is 10.2. The number of carbonyl (C=O) groups is 1. The summed E-state index contributed by atoms with van der Waals surface area (Å²) in [6.07, 6.45) is 0.165. The van der Waals surface area contributed by atoms with Gasteiger partial charge in [-0.25, -0.2) is 4.39 Å². The highest BCUT2D eigenvalue weighted by molar-refractivity contribution is 6.32. The molecule has 0 aliphatic heterocycles. The Morgan fingerprint density at radius 2 is 1.91 bits per heavy atom. The van der Waals surface area contributed by atoms with Gasteiger partial charge in [0.25, 0.3) is 0 Å².